The van der Waals surface area contributed by atoms with E-state index in [4.69, 9.17) is 15.2 Å². The molecule has 130 valence electrons. The summed E-state index contributed by atoms with van der Waals surface area (Å²) in [5.41, 5.74) is 7.62. The van der Waals surface area contributed by atoms with Crippen molar-refractivity contribution in [3.05, 3.63) is 23.3 Å². The third-order valence-electron chi connectivity index (χ3n) is 4.56. The van der Waals surface area contributed by atoms with E-state index in [0.717, 1.165) is 12.0 Å². The van der Waals surface area contributed by atoms with Crippen molar-refractivity contribution in [3.8, 4) is 11.5 Å². The fourth-order valence-electron chi connectivity index (χ4n) is 2.93. The molecule has 1 saturated heterocycles. The summed E-state index contributed by atoms with van der Waals surface area (Å²) >= 11 is 0. The fraction of sp³-hybridized carbons (Fsp3) is 0.588. The molecule has 1 fully saturated rings. The number of halogens is 1. The third kappa shape index (κ3) is 3.90. The number of methoxy groups -OCH3 is 2. The van der Waals surface area contributed by atoms with Gasteiger partial charge >= 0.3 is 0 Å². The number of nitrogens with zero attached hydrogens (tertiary/aromatic N) is 1. The van der Waals surface area contributed by atoms with E-state index in [2.05, 4.69) is 13.8 Å². The van der Waals surface area contributed by atoms with E-state index < -0.39 is 0 Å². The zero-order chi connectivity index (χ0) is 16.5. The van der Waals surface area contributed by atoms with Crippen LogP contribution in [0.1, 0.15) is 36.2 Å². The second-order valence-corrected chi connectivity index (χ2v) is 6.63. The monoisotopic (exact) mass is 342 g/mol. The molecule has 0 aliphatic carbocycles. The van der Waals surface area contributed by atoms with Crippen molar-refractivity contribution in [2.75, 3.05) is 27.3 Å². The number of amides is 1. The van der Waals surface area contributed by atoms with Crippen LogP contribution >= 0.6 is 12.4 Å². The molecule has 2 rings (SSSR count). The van der Waals surface area contributed by atoms with Gasteiger partial charge in [-0.3, -0.25) is 4.79 Å². The Labute approximate surface area is 144 Å². The SMILES string of the molecule is COc1cc(C)c(C(=O)N2CCC(N)C(C)(C)C2)cc1OC.Cl. The van der Waals surface area contributed by atoms with Gasteiger partial charge in [-0.15, -0.1) is 12.4 Å². The second kappa shape index (κ2) is 7.41. The molecule has 1 aliphatic heterocycles. The van der Waals surface area contributed by atoms with Gasteiger partial charge in [0.1, 0.15) is 0 Å². The van der Waals surface area contributed by atoms with Gasteiger partial charge in [0, 0.05) is 24.7 Å². The standard InChI is InChI=1S/C17H26N2O3.ClH/c1-11-8-13(21-4)14(22-5)9-12(11)16(20)19-7-6-15(18)17(2,3)10-19;/h8-9,15H,6-7,10,18H2,1-5H3;1H. The zero-order valence-electron chi connectivity index (χ0n) is 14.5. The van der Waals surface area contributed by atoms with Crippen LogP contribution in [-0.2, 0) is 0 Å². The first kappa shape index (κ1) is 19.6. The summed E-state index contributed by atoms with van der Waals surface area (Å²) in [4.78, 5) is 14.8. The molecule has 0 radical (unpaired) electrons. The Morgan fingerprint density at radius 1 is 1.26 bits per heavy atom. The summed E-state index contributed by atoms with van der Waals surface area (Å²) in [5, 5.41) is 0. The lowest BCUT2D eigenvalue weighted by Gasteiger charge is -2.42. The van der Waals surface area contributed by atoms with Crippen LogP contribution in [0.25, 0.3) is 0 Å². The number of hydrogen-bond donors (Lipinski definition) is 1. The van der Waals surface area contributed by atoms with Gasteiger partial charge in [0.25, 0.3) is 5.91 Å². The first-order chi connectivity index (χ1) is 10.3. The predicted molar refractivity (Wildman–Crippen MR) is 93.8 cm³/mol. The van der Waals surface area contributed by atoms with Gasteiger partial charge in [-0.25, -0.2) is 0 Å². The zero-order valence-corrected chi connectivity index (χ0v) is 15.3. The maximum absolute atomic E-state index is 12.9. The third-order valence-corrected chi connectivity index (χ3v) is 4.56. The van der Waals surface area contributed by atoms with Crippen LogP contribution in [0, 0.1) is 12.3 Å². The molecule has 2 N–H and O–H groups in total. The molecule has 1 amide bonds. The lowest BCUT2D eigenvalue weighted by atomic mass is 9.79. The van der Waals surface area contributed by atoms with E-state index in [9.17, 15) is 4.79 Å². The molecule has 23 heavy (non-hydrogen) atoms. The molecule has 1 heterocycles. The lowest BCUT2D eigenvalue weighted by Crippen LogP contribution is -2.54. The number of nitrogens with two attached hydrogens (primary N) is 1. The molecule has 1 unspecified atom stereocenters. The number of carbonyl (C=O) groups excluding carboxylic acids is 1. The minimum atomic E-state index is -0.0711. The Kier molecular flexibility index (Phi) is 6.31. The van der Waals surface area contributed by atoms with Crippen LogP contribution in [0.4, 0.5) is 0 Å². The molecule has 1 aromatic carbocycles. The Balaban J connectivity index is 0.00000264. The number of aryl methyl sites for hydroxylation is 1. The van der Waals surface area contributed by atoms with Gasteiger partial charge in [0.2, 0.25) is 0 Å². The lowest BCUT2D eigenvalue weighted by molar-refractivity contribution is 0.0532. The van der Waals surface area contributed by atoms with Crippen LogP contribution in [0.5, 0.6) is 11.5 Å². The van der Waals surface area contributed by atoms with E-state index in [1.54, 1.807) is 20.3 Å². The van der Waals surface area contributed by atoms with E-state index in [0.29, 0.717) is 30.2 Å². The number of carbonyl (C=O) groups is 1. The smallest absolute Gasteiger partial charge is 0.254 e. The van der Waals surface area contributed by atoms with Crippen LogP contribution in [-0.4, -0.2) is 44.2 Å². The average Bonchev–Trinajstić information content (AvgIpc) is 2.48. The predicted octanol–water partition coefficient (Wildman–Crippen LogP) is 2.63. The first-order valence-electron chi connectivity index (χ1n) is 7.57. The molecule has 5 nitrogen and oxygen atoms in total. The largest absolute Gasteiger partial charge is 0.493 e. The van der Waals surface area contributed by atoms with Gasteiger partial charge in [-0.2, -0.15) is 0 Å². The minimum Gasteiger partial charge on any atom is -0.493 e. The highest BCUT2D eigenvalue weighted by atomic mass is 35.5. The number of rotatable bonds is 3. The molecular weight excluding hydrogens is 316 g/mol. The van der Waals surface area contributed by atoms with E-state index in [1.165, 1.54) is 0 Å². The average molecular weight is 343 g/mol. The summed E-state index contributed by atoms with van der Waals surface area (Å²) in [7, 11) is 3.16. The van der Waals surface area contributed by atoms with Crippen molar-refractivity contribution in [1.82, 2.24) is 4.90 Å². The van der Waals surface area contributed by atoms with Crippen molar-refractivity contribution < 1.29 is 14.3 Å². The van der Waals surface area contributed by atoms with Gasteiger partial charge in [-0.05, 0) is 36.5 Å². The number of likely N-dealkylation sites (tertiary alicyclic amines) is 1. The number of benzene rings is 1. The summed E-state index contributed by atoms with van der Waals surface area (Å²) in [6.07, 6.45) is 0.824. The highest BCUT2D eigenvalue weighted by Crippen LogP contribution is 2.33. The van der Waals surface area contributed by atoms with Crippen molar-refractivity contribution in [1.29, 1.82) is 0 Å². The minimum absolute atomic E-state index is 0. The molecule has 1 aliphatic rings. The van der Waals surface area contributed by atoms with Crippen LogP contribution in [0.15, 0.2) is 12.1 Å². The Bertz CT molecular complexity index is 575. The summed E-state index contributed by atoms with van der Waals surface area (Å²) in [6.45, 7) is 7.49. The summed E-state index contributed by atoms with van der Waals surface area (Å²) in [6, 6.07) is 3.73. The van der Waals surface area contributed by atoms with Gasteiger partial charge in [0.05, 0.1) is 14.2 Å². The van der Waals surface area contributed by atoms with Crippen molar-refractivity contribution in [2.24, 2.45) is 11.1 Å². The van der Waals surface area contributed by atoms with E-state index >= 15 is 0 Å². The van der Waals surface area contributed by atoms with E-state index in [-0.39, 0.29) is 29.8 Å². The molecule has 1 atom stereocenters. The number of ether oxygens (including phenoxy) is 2. The highest BCUT2D eigenvalue weighted by molar-refractivity contribution is 5.96. The van der Waals surface area contributed by atoms with Gasteiger partial charge in [0.15, 0.2) is 11.5 Å². The van der Waals surface area contributed by atoms with Crippen LogP contribution in [0.2, 0.25) is 0 Å². The Morgan fingerprint density at radius 3 is 2.35 bits per heavy atom. The van der Waals surface area contributed by atoms with Gasteiger partial charge < -0.3 is 20.1 Å². The molecule has 0 bridgehead atoms. The molecule has 0 aromatic heterocycles. The van der Waals surface area contributed by atoms with Gasteiger partial charge in [-0.1, -0.05) is 13.8 Å². The second-order valence-electron chi connectivity index (χ2n) is 6.63. The normalized spacial score (nSPS) is 19.7. The van der Waals surface area contributed by atoms with Crippen LogP contribution < -0.4 is 15.2 Å². The topological polar surface area (TPSA) is 64.8 Å². The van der Waals surface area contributed by atoms with Crippen molar-refractivity contribution >= 4 is 18.3 Å². The molecule has 0 spiro atoms. The van der Waals surface area contributed by atoms with Crippen LogP contribution in [0.3, 0.4) is 0 Å². The number of piperidine rings is 1. The fourth-order valence-corrected chi connectivity index (χ4v) is 2.93. The Hall–Kier alpha value is -1.46. The van der Waals surface area contributed by atoms with E-state index in [1.807, 2.05) is 17.9 Å². The maximum atomic E-state index is 12.9. The summed E-state index contributed by atoms with van der Waals surface area (Å²) < 4.78 is 10.6. The van der Waals surface area contributed by atoms with Crippen molar-refractivity contribution in [2.45, 2.75) is 33.2 Å². The quantitative estimate of drug-likeness (QED) is 0.917. The molecule has 6 heteroatoms. The first-order valence-corrected chi connectivity index (χ1v) is 7.57. The molecule has 0 saturated carbocycles. The summed E-state index contributed by atoms with van der Waals surface area (Å²) in [5.74, 6) is 1.24. The van der Waals surface area contributed by atoms with Crippen molar-refractivity contribution in [3.63, 3.8) is 0 Å². The maximum Gasteiger partial charge on any atom is 0.254 e. The highest BCUT2D eigenvalue weighted by Gasteiger charge is 2.36. The molecule has 1 aromatic rings. The Morgan fingerprint density at radius 2 is 1.83 bits per heavy atom. The number of hydrogen-bond acceptors (Lipinski definition) is 4. The molecular formula is C17H27ClN2O3.